The van der Waals surface area contributed by atoms with Crippen molar-refractivity contribution in [2.24, 2.45) is 0 Å². The number of nitrogens with one attached hydrogen (secondary N) is 1. The standard InChI is InChI=1S/C10H10N2O2/c1-6-4-3-5-8-9(6)10(13)11-7(2)12(8)14/h3-5H,1-2H3,(H,11,13). The number of benzene rings is 1. The molecule has 0 aliphatic heterocycles. The zero-order chi connectivity index (χ0) is 10.3. The van der Waals surface area contributed by atoms with Gasteiger partial charge in [-0.1, -0.05) is 12.1 Å². The Morgan fingerprint density at radius 1 is 1.36 bits per heavy atom. The summed E-state index contributed by atoms with van der Waals surface area (Å²) < 4.78 is 0.740. The molecule has 0 aliphatic carbocycles. The van der Waals surface area contributed by atoms with E-state index in [1.165, 1.54) is 0 Å². The van der Waals surface area contributed by atoms with E-state index in [2.05, 4.69) is 4.98 Å². The third-order valence-electron chi connectivity index (χ3n) is 2.30. The number of H-pyrrole nitrogens is 1. The summed E-state index contributed by atoms with van der Waals surface area (Å²) in [4.78, 5) is 14.1. The molecule has 0 saturated heterocycles. The van der Waals surface area contributed by atoms with Crippen LogP contribution in [0.3, 0.4) is 0 Å². The molecule has 0 atom stereocenters. The van der Waals surface area contributed by atoms with Gasteiger partial charge in [-0.15, -0.1) is 0 Å². The monoisotopic (exact) mass is 190 g/mol. The van der Waals surface area contributed by atoms with Gasteiger partial charge in [0.2, 0.25) is 0 Å². The maximum atomic E-state index is 11.6. The van der Waals surface area contributed by atoms with Crippen LogP contribution >= 0.6 is 0 Å². The van der Waals surface area contributed by atoms with Crippen molar-refractivity contribution >= 4 is 10.9 Å². The van der Waals surface area contributed by atoms with Crippen LogP contribution in [0, 0.1) is 19.1 Å². The van der Waals surface area contributed by atoms with Crippen LogP contribution in [0.4, 0.5) is 0 Å². The van der Waals surface area contributed by atoms with E-state index in [9.17, 15) is 10.0 Å². The second-order valence-corrected chi connectivity index (χ2v) is 3.30. The zero-order valence-electron chi connectivity index (χ0n) is 8.00. The fourth-order valence-corrected chi connectivity index (χ4v) is 1.58. The van der Waals surface area contributed by atoms with Crippen molar-refractivity contribution in [3.05, 3.63) is 45.1 Å². The number of aromatic nitrogens is 2. The van der Waals surface area contributed by atoms with Crippen LogP contribution in [0.15, 0.2) is 23.0 Å². The highest BCUT2D eigenvalue weighted by atomic mass is 16.5. The summed E-state index contributed by atoms with van der Waals surface area (Å²) in [5.41, 5.74) is 1.03. The first-order chi connectivity index (χ1) is 6.61. The van der Waals surface area contributed by atoms with Crippen LogP contribution in [0.2, 0.25) is 0 Å². The number of rotatable bonds is 0. The molecule has 0 bridgehead atoms. The lowest BCUT2D eigenvalue weighted by Crippen LogP contribution is -2.36. The molecule has 0 amide bonds. The minimum atomic E-state index is -0.206. The van der Waals surface area contributed by atoms with Crippen LogP contribution < -0.4 is 10.3 Å². The van der Waals surface area contributed by atoms with Gasteiger partial charge in [-0.2, -0.15) is 0 Å². The number of fused-ring (bicyclic) bond motifs is 1. The normalized spacial score (nSPS) is 10.7. The molecule has 72 valence electrons. The smallest absolute Gasteiger partial charge is 0.343 e. The zero-order valence-corrected chi connectivity index (χ0v) is 8.00. The largest absolute Gasteiger partial charge is 0.710 e. The number of aryl methyl sites for hydroxylation is 2. The van der Waals surface area contributed by atoms with Crippen molar-refractivity contribution in [2.75, 3.05) is 0 Å². The fourth-order valence-electron chi connectivity index (χ4n) is 1.58. The molecule has 1 aromatic carbocycles. The molecule has 0 unspecified atom stereocenters. The second kappa shape index (κ2) is 2.83. The Labute approximate surface area is 80.4 Å². The van der Waals surface area contributed by atoms with Gasteiger partial charge >= 0.3 is 5.56 Å². The van der Waals surface area contributed by atoms with E-state index in [-0.39, 0.29) is 5.56 Å². The minimum absolute atomic E-state index is 0.206. The summed E-state index contributed by atoms with van der Waals surface area (Å²) in [6.45, 7) is 3.39. The van der Waals surface area contributed by atoms with Crippen molar-refractivity contribution in [2.45, 2.75) is 13.8 Å². The van der Waals surface area contributed by atoms with E-state index >= 15 is 0 Å². The molecule has 4 heteroatoms. The van der Waals surface area contributed by atoms with Crippen LogP contribution in [-0.2, 0) is 0 Å². The van der Waals surface area contributed by atoms with E-state index in [1.807, 2.05) is 13.0 Å². The highest BCUT2D eigenvalue weighted by Gasteiger charge is 2.10. The van der Waals surface area contributed by atoms with Gasteiger partial charge in [0.15, 0.2) is 0 Å². The van der Waals surface area contributed by atoms with Gasteiger partial charge in [-0.25, -0.2) is 14.5 Å². The molecule has 1 aromatic heterocycles. The lowest BCUT2D eigenvalue weighted by atomic mass is 10.1. The molecule has 0 fully saturated rings. The van der Waals surface area contributed by atoms with Crippen molar-refractivity contribution in [1.82, 2.24) is 4.98 Å². The third kappa shape index (κ3) is 1.08. The minimum Gasteiger partial charge on any atom is -0.710 e. The van der Waals surface area contributed by atoms with E-state index in [4.69, 9.17) is 0 Å². The molecule has 14 heavy (non-hydrogen) atoms. The molecule has 1 N–H and O–H groups in total. The Hall–Kier alpha value is -1.84. The molecule has 0 aliphatic rings. The summed E-state index contributed by atoms with van der Waals surface area (Å²) in [6.07, 6.45) is 0. The first kappa shape index (κ1) is 8.74. The van der Waals surface area contributed by atoms with Crippen LogP contribution in [0.25, 0.3) is 10.9 Å². The van der Waals surface area contributed by atoms with Crippen LogP contribution in [0.5, 0.6) is 0 Å². The average molecular weight is 190 g/mol. The Kier molecular flexibility index (Phi) is 1.77. The maximum absolute atomic E-state index is 11.6. The summed E-state index contributed by atoms with van der Waals surface area (Å²) >= 11 is 0. The molecule has 0 spiro atoms. The topological polar surface area (TPSA) is 59.8 Å². The first-order valence-electron chi connectivity index (χ1n) is 4.33. The number of hydrogen-bond donors (Lipinski definition) is 1. The molecule has 2 rings (SSSR count). The predicted molar refractivity (Wildman–Crippen MR) is 53.0 cm³/mol. The van der Waals surface area contributed by atoms with Gasteiger partial charge < -0.3 is 5.21 Å². The fraction of sp³-hybridized carbons (Fsp3) is 0.200. The Morgan fingerprint density at radius 3 is 2.79 bits per heavy atom. The van der Waals surface area contributed by atoms with Gasteiger partial charge in [0.05, 0.1) is 0 Å². The van der Waals surface area contributed by atoms with Gasteiger partial charge in [0.1, 0.15) is 10.9 Å². The van der Waals surface area contributed by atoms with E-state index in [0.29, 0.717) is 16.7 Å². The van der Waals surface area contributed by atoms with Crippen molar-refractivity contribution in [3.8, 4) is 0 Å². The maximum Gasteiger partial charge on any atom is 0.343 e. The second-order valence-electron chi connectivity index (χ2n) is 3.30. The number of hydrogen-bond acceptors (Lipinski definition) is 2. The van der Waals surface area contributed by atoms with Gasteiger partial charge in [-0.05, 0) is 18.6 Å². The Morgan fingerprint density at radius 2 is 2.07 bits per heavy atom. The molecule has 1 heterocycles. The quantitative estimate of drug-likeness (QED) is 0.493. The first-order valence-corrected chi connectivity index (χ1v) is 4.33. The average Bonchev–Trinajstić information content (AvgIpc) is 2.14. The van der Waals surface area contributed by atoms with E-state index in [1.54, 1.807) is 19.1 Å². The summed E-state index contributed by atoms with van der Waals surface area (Å²) in [6, 6.07) is 5.23. The highest BCUT2D eigenvalue weighted by molar-refractivity contribution is 5.78. The third-order valence-corrected chi connectivity index (χ3v) is 2.30. The lowest BCUT2D eigenvalue weighted by Gasteiger charge is -2.08. The molecule has 0 saturated carbocycles. The van der Waals surface area contributed by atoms with E-state index in [0.717, 1.165) is 10.3 Å². The number of aromatic amines is 1. The van der Waals surface area contributed by atoms with Crippen molar-refractivity contribution in [1.29, 1.82) is 0 Å². The highest BCUT2D eigenvalue weighted by Crippen LogP contribution is 2.09. The molecule has 2 aromatic rings. The van der Waals surface area contributed by atoms with E-state index < -0.39 is 0 Å². The number of nitrogens with zero attached hydrogens (tertiary/aromatic N) is 1. The molecular weight excluding hydrogens is 180 g/mol. The van der Waals surface area contributed by atoms with Crippen LogP contribution in [0.1, 0.15) is 11.4 Å². The molecular formula is C10H10N2O2. The van der Waals surface area contributed by atoms with Gasteiger partial charge in [0, 0.05) is 6.92 Å². The van der Waals surface area contributed by atoms with Gasteiger partial charge in [-0.3, -0.25) is 0 Å². The molecule has 4 nitrogen and oxygen atoms in total. The Bertz CT molecular complexity index is 558. The van der Waals surface area contributed by atoms with Gasteiger partial charge in [0.25, 0.3) is 5.82 Å². The Balaban J connectivity index is 3.10. The summed E-state index contributed by atoms with van der Waals surface area (Å²) in [5, 5.41) is 12.0. The SMILES string of the molecule is Cc1cccc2c1c(=O)[nH]c(C)[n+]2[O-]. The summed E-state index contributed by atoms with van der Waals surface area (Å²) in [7, 11) is 0. The lowest BCUT2D eigenvalue weighted by molar-refractivity contribution is -0.588. The summed E-state index contributed by atoms with van der Waals surface area (Å²) in [5.74, 6) is 0.313. The van der Waals surface area contributed by atoms with Crippen molar-refractivity contribution < 1.29 is 4.73 Å². The van der Waals surface area contributed by atoms with Crippen LogP contribution in [-0.4, -0.2) is 4.98 Å². The molecule has 0 radical (unpaired) electrons. The van der Waals surface area contributed by atoms with Crippen molar-refractivity contribution in [3.63, 3.8) is 0 Å². The predicted octanol–water partition coefficient (Wildman–Crippen LogP) is 0.778.